The summed E-state index contributed by atoms with van der Waals surface area (Å²) >= 11 is 1.48. The second-order valence-electron chi connectivity index (χ2n) is 7.05. The second kappa shape index (κ2) is 7.90. The van der Waals surface area contributed by atoms with Crippen molar-refractivity contribution in [1.29, 1.82) is 0 Å². The molecule has 144 valence electrons. The number of rotatable bonds is 6. The fraction of sp³-hybridized carbons (Fsp3) is 0.526. The number of amides is 1. The second-order valence-corrected chi connectivity index (χ2v) is 8.36. The molecular weight excluding hydrogens is 362 g/mol. The van der Waals surface area contributed by atoms with Crippen molar-refractivity contribution in [2.24, 2.45) is 0 Å². The largest absolute Gasteiger partial charge is 0.378 e. The molecule has 1 amide bonds. The van der Waals surface area contributed by atoms with Crippen LogP contribution in [0, 0.1) is 6.92 Å². The maximum absolute atomic E-state index is 12.7. The predicted molar refractivity (Wildman–Crippen MR) is 106 cm³/mol. The smallest absolute Gasteiger partial charge is 0.237 e. The monoisotopic (exact) mass is 387 g/mol. The summed E-state index contributed by atoms with van der Waals surface area (Å²) in [5.74, 6) is 0.891. The van der Waals surface area contributed by atoms with Gasteiger partial charge in [0.05, 0.1) is 18.5 Å². The van der Waals surface area contributed by atoms with Gasteiger partial charge >= 0.3 is 0 Å². The molecule has 27 heavy (non-hydrogen) atoms. The van der Waals surface area contributed by atoms with Gasteiger partial charge in [-0.1, -0.05) is 30.0 Å². The zero-order valence-electron chi connectivity index (χ0n) is 15.7. The van der Waals surface area contributed by atoms with Gasteiger partial charge in [-0.25, -0.2) is 0 Å². The van der Waals surface area contributed by atoms with Crippen molar-refractivity contribution in [3.8, 4) is 0 Å². The standard InChI is InChI=1S/C19H25N5O2S/c1-13-5-3-4-6-16(13)20-17(25)14(2)27-19-22-21-18(24(19)15-7-8-15)23-9-11-26-12-10-23/h3-6,14-15H,7-12H2,1-2H3,(H,20,25)/t14-/m0/s1. The van der Waals surface area contributed by atoms with E-state index in [-0.39, 0.29) is 11.2 Å². The topological polar surface area (TPSA) is 72.3 Å². The van der Waals surface area contributed by atoms with Crippen LogP contribution in [0.1, 0.15) is 31.4 Å². The van der Waals surface area contributed by atoms with Crippen LogP contribution >= 0.6 is 11.8 Å². The van der Waals surface area contributed by atoms with E-state index in [1.807, 2.05) is 38.1 Å². The van der Waals surface area contributed by atoms with E-state index in [0.717, 1.165) is 61.5 Å². The average Bonchev–Trinajstić information content (AvgIpc) is 3.44. The molecule has 0 spiro atoms. The maximum Gasteiger partial charge on any atom is 0.237 e. The van der Waals surface area contributed by atoms with E-state index in [2.05, 4.69) is 25.0 Å². The Bertz CT molecular complexity index is 814. The Balaban J connectivity index is 1.47. The lowest BCUT2D eigenvalue weighted by atomic mass is 10.2. The first kappa shape index (κ1) is 18.3. The Hall–Kier alpha value is -2.06. The fourth-order valence-electron chi connectivity index (χ4n) is 3.14. The summed E-state index contributed by atoms with van der Waals surface area (Å²) in [6.07, 6.45) is 2.29. The summed E-state index contributed by atoms with van der Waals surface area (Å²) in [5.41, 5.74) is 1.91. The van der Waals surface area contributed by atoms with Crippen LogP contribution in [-0.2, 0) is 9.53 Å². The number of ether oxygens (including phenoxy) is 1. The molecule has 0 unspecified atom stereocenters. The van der Waals surface area contributed by atoms with Gasteiger partial charge in [0, 0.05) is 24.8 Å². The predicted octanol–water partition coefficient (Wildman–Crippen LogP) is 2.88. The van der Waals surface area contributed by atoms with Crippen LogP contribution in [0.15, 0.2) is 29.4 Å². The normalized spacial score (nSPS) is 18.4. The molecule has 4 rings (SSSR count). The molecule has 2 aromatic rings. The van der Waals surface area contributed by atoms with Gasteiger partial charge in [-0.3, -0.25) is 9.36 Å². The quantitative estimate of drug-likeness (QED) is 0.769. The van der Waals surface area contributed by atoms with Crippen molar-refractivity contribution in [2.45, 2.75) is 43.1 Å². The van der Waals surface area contributed by atoms with Crippen molar-refractivity contribution in [1.82, 2.24) is 14.8 Å². The van der Waals surface area contributed by atoms with E-state index in [9.17, 15) is 4.79 Å². The molecule has 8 heteroatoms. The van der Waals surface area contributed by atoms with Crippen LogP contribution in [0.25, 0.3) is 0 Å². The minimum Gasteiger partial charge on any atom is -0.378 e. The lowest BCUT2D eigenvalue weighted by Gasteiger charge is -2.28. The Kier molecular flexibility index (Phi) is 5.36. The summed E-state index contributed by atoms with van der Waals surface area (Å²) in [5, 5.41) is 12.4. The fourth-order valence-corrected chi connectivity index (χ4v) is 4.05. The molecule has 0 radical (unpaired) electrons. The third-order valence-electron chi connectivity index (χ3n) is 4.91. The molecular formula is C19H25N5O2S. The SMILES string of the molecule is Cc1ccccc1NC(=O)[C@H](C)Sc1nnc(N2CCOCC2)n1C1CC1. The van der Waals surface area contributed by atoms with Crippen LogP contribution in [0.3, 0.4) is 0 Å². The zero-order valence-corrected chi connectivity index (χ0v) is 16.5. The molecule has 2 aliphatic rings. The number of carbonyl (C=O) groups is 1. The van der Waals surface area contributed by atoms with Gasteiger partial charge in [0.1, 0.15) is 0 Å². The van der Waals surface area contributed by atoms with E-state index in [1.165, 1.54) is 11.8 Å². The number of para-hydroxylation sites is 1. The molecule has 7 nitrogen and oxygen atoms in total. The molecule has 1 aromatic carbocycles. The van der Waals surface area contributed by atoms with Crippen molar-refractivity contribution < 1.29 is 9.53 Å². The van der Waals surface area contributed by atoms with Gasteiger partial charge in [0.2, 0.25) is 11.9 Å². The number of aromatic nitrogens is 3. The number of hydrogen-bond donors (Lipinski definition) is 1. The van der Waals surface area contributed by atoms with Gasteiger partial charge < -0.3 is 15.0 Å². The zero-order chi connectivity index (χ0) is 18.8. The third kappa shape index (κ3) is 4.11. The molecule has 1 N–H and O–H groups in total. The Morgan fingerprint density at radius 1 is 1.26 bits per heavy atom. The van der Waals surface area contributed by atoms with E-state index < -0.39 is 0 Å². The van der Waals surface area contributed by atoms with Gasteiger partial charge in [-0.15, -0.1) is 10.2 Å². The number of benzene rings is 1. The first-order valence-electron chi connectivity index (χ1n) is 9.44. The Labute approximate surface area is 163 Å². The highest BCUT2D eigenvalue weighted by Gasteiger charge is 2.33. The maximum atomic E-state index is 12.7. The Morgan fingerprint density at radius 3 is 2.70 bits per heavy atom. The minimum absolute atomic E-state index is 0.0208. The molecule has 1 atom stereocenters. The number of thioether (sulfide) groups is 1. The summed E-state index contributed by atoms with van der Waals surface area (Å²) in [6.45, 7) is 7.01. The van der Waals surface area contributed by atoms with Gasteiger partial charge in [-0.05, 0) is 38.3 Å². The summed E-state index contributed by atoms with van der Waals surface area (Å²) in [7, 11) is 0. The molecule has 1 aliphatic heterocycles. The van der Waals surface area contributed by atoms with Crippen LogP contribution in [0.4, 0.5) is 11.6 Å². The van der Waals surface area contributed by atoms with Crippen LogP contribution in [0.2, 0.25) is 0 Å². The van der Waals surface area contributed by atoms with E-state index in [4.69, 9.17) is 4.74 Å². The lowest BCUT2D eigenvalue weighted by Crippen LogP contribution is -2.38. The molecule has 1 aliphatic carbocycles. The van der Waals surface area contributed by atoms with Crippen LogP contribution in [0.5, 0.6) is 0 Å². The third-order valence-corrected chi connectivity index (χ3v) is 5.96. The first-order valence-corrected chi connectivity index (χ1v) is 10.3. The Morgan fingerprint density at radius 2 is 2.00 bits per heavy atom. The van der Waals surface area contributed by atoms with Crippen LogP contribution in [-0.4, -0.2) is 52.2 Å². The summed E-state index contributed by atoms with van der Waals surface area (Å²) < 4.78 is 7.66. The number of nitrogens with one attached hydrogen (secondary N) is 1. The van der Waals surface area contributed by atoms with Crippen molar-refractivity contribution in [3.63, 3.8) is 0 Å². The number of morpholine rings is 1. The number of nitrogens with zero attached hydrogens (tertiary/aromatic N) is 4. The van der Waals surface area contributed by atoms with E-state index >= 15 is 0 Å². The molecule has 1 saturated carbocycles. The molecule has 2 heterocycles. The number of carbonyl (C=O) groups excluding carboxylic acids is 1. The molecule has 0 bridgehead atoms. The summed E-state index contributed by atoms with van der Waals surface area (Å²) in [6, 6.07) is 8.26. The highest BCUT2D eigenvalue weighted by atomic mass is 32.2. The number of aryl methyl sites for hydroxylation is 1. The van der Waals surface area contributed by atoms with E-state index in [1.54, 1.807) is 0 Å². The molecule has 1 aromatic heterocycles. The van der Waals surface area contributed by atoms with Crippen LogP contribution < -0.4 is 10.2 Å². The van der Waals surface area contributed by atoms with Gasteiger partial charge in [0.15, 0.2) is 5.16 Å². The van der Waals surface area contributed by atoms with Gasteiger partial charge in [-0.2, -0.15) is 0 Å². The number of anilines is 2. The van der Waals surface area contributed by atoms with Crippen molar-refractivity contribution in [2.75, 3.05) is 36.5 Å². The summed E-state index contributed by atoms with van der Waals surface area (Å²) in [4.78, 5) is 14.9. The highest BCUT2D eigenvalue weighted by Crippen LogP contribution is 2.41. The minimum atomic E-state index is -0.260. The van der Waals surface area contributed by atoms with Gasteiger partial charge in [0.25, 0.3) is 0 Å². The first-order chi connectivity index (χ1) is 13.1. The average molecular weight is 388 g/mol. The van der Waals surface area contributed by atoms with E-state index in [0.29, 0.717) is 6.04 Å². The molecule has 2 fully saturated rings. The van der Waals surface area contributed by atoms with Crippen molar-refractivity contribution in [3.05, 3.63) is 29.8 Å². The lowest BCUT2D eigenvalue weighted by molar-refractivity contribution is -0.115. The van der Waals surface area contributed by atoms with Crippen molar-refractivity contribution >= 4 is 29.3 Å². The molecule has 1 saturated heterocycles. The number of hydrogen-bond acceptors (Lipinski definition) is 6. The highest BCUT2D eigenvalue weighted by molar-refractivity contribution is 8.00.